The molecule has 0 radical (unpaired) electrons. The van der Waals surface area contributed by atoms with Gasteiger partial charge in [0.1, 0.15) is 5.75 Å². The fourth-order valence-corrected chi connectivity index (χ4v) is 1.97. The first-order chi connectivity index (χ1) is 7.99. The van der Waals surface area contributed by atoms with Crippen LogP contribution in [0.3, 0.4) is 0 Å². The largest absolute Gasteiger partial charge is 0.507 e. The minimum absolute atomic E-state index is 0.0864. The summed E-state index contributed by atoms with van der Waals surface area (Å²) in [5.74, 6) is 0.113. The Morgan fingerprint density at radius 3 is 2.94 bits per heavy atom. The first kappa shape index (κ1) is 11.7. The average Bonchev–Trinajstić information content (AvgIpc) is 2.64. The van der Waals surface area contributed by atoms with E-state index in [9.17, 15) is 5.11 Å². The van der Waals surface area contributed by atoms with Gasteiger partial charge in [-0.25, -0.2) is 5.01 Å². The van der Waals surface area contributed by atoms with Crippen LogP contribution in [0.4, 0.5) is 0 Å². The van der Waals surface area contributed by atoms with E-state index in [1.165, 1.54) is 11.1 Å². The minimum Gasteiger partial charge on any atom is -0.507 e. The van der Waals surface area contributed by atoms with Gasteiger partial charge < -0.3 is 10.8 Å². The van der Waals surface area contributed by atoms with E-state index < -0.39 is 0 Å². The summed E-state index contributed by atoms with van der Waals surface area (Å²) < 4.78 is 0. The lowest BCUT2D eigenvalue weighted by molar-refractivity contribution is 0.448. The molecule has 0 saturated carbocycles. The van der Waals surface area contributed by atoms with E-state index in [0.29, 0.717) is 22.8 Å². The molecule has 0 aliphatic carbocycles. The first-order valence-electron chi connectivity index (χ1n) is 5.18. The average molecular weight is 253 g/mol. The number of nitrogens with zero attached hydrogens (tertiary/aromatic N) is 2. The number of nitrogens with one attached hydrogen (secondary N) is 1. The van der Waals surface area contributed by atoms with Crippen molar-refractivity contribution in [1.29, 1.82) is 5.41 Å². The van der Waals surface area contributed by atoms with Crippen LogP contribution in [0.25, 0.3) is 0 Å². The molecule has 1 aliphatic rings. The summed E-state index contributed by atoms with van der Waals surface area (Å²) in [6.45, 7) is 2.50. The molecule has 2 rings (SSSR count). The molecule has 0 spiro atoms. The fraction of sp³-hybridized carbons (Fsp3) is 0.273. The Kier molecular flexibility index (Phi) is 2.93. The van der Waals surface area contributed by atoms with Gasteiger partial charge in [-0.1, -0.05) is 18.5 Å². The van der Waals surface area contributed by atoms with Gasteiger partial charge in [0.15, 0.2) is 0 Å². The van der Waals surface area contributed by atoms with Gasteiger partial charge in [-0.15, -0.1) is 0 Å². The molecule has 4 N–H and O–H groups in total. The summed E-state index contributed by atoms with van der Waals surface area (Å²) in [6, 6.07) is 4.81. The molecule has 0 amide bonds. The van der Waals surface area contributed by atoms with E-state index in [1.807, 2.05) is 6.92 Å². The molecule has 1 aromatic rings. The van der Waals surface area contributed by atoms with Crippen LogP contribution in [0.2, 0.25) is 5.02 Å². The third-order valence-electron chi connectivity index (χ3n) is 2.65. The lowest BCUT2D eigenvalue weighted by atomic mass is 9.99. The lowest BCUT2D eigenvalue weighted by Crippen LogP contribution is -2.31. The van der Waals surface area contributed by atoms with E-state index in [2.05, 4.69) is 5.10 Å². The highest BCUT2D eigenvalue weighted by Gasteiger charge is 2.27. The zero-order chi connectivity index (χ0) is 12.6. The van der Waals surface area contributed by atoms with Crippen LogP contribution in [-0.2, 0) is 0 Å². The minimum atomic E-state index is -0.103. The maximum atomic E-state index is 9.80. The van der Waals surface area contributed by atoms with Crippen molar-refractivity contribution >= 4 is 23.3 Å². The number of rotatable bonds is 1. The number of aromatic hydroxyl groups is 1. The van der Waals surface area contributed by atoms with Gasteiger partial charge in [-0.3, -0.25) is 5.41 Å². The quantitative estimate of drug-likeness (QED) is 0.524. The Morgan fingerprint density at radius 1 is 1.65 bits per heavy atom. The molecule has 0 saturated heterocycles. The number of phenols is 1. The van der Waals surface area contributed by atoms with Crippen LogP contribution >= 0.6 is 11.6 Å². The summed E-state index contributed by atoms with van der Waals surface area (Å²) >= 11 is 5.90. The predicted octanol–water partition coefficient (Wildman–Crippen LogP) is 1.59. The lowest BCUT2D eigenvalue weighted by Gasteiger charge is -2.10. The highest BCUT2D eigenvalue weighted by molar-refractivity contribution is 6.31. The number of hydrogen-bond acceptors (Lipinski definition) is 3. The van der Waals surface area contributed by atoms with Crippen LogP contribution < -0.4 is 5.73 Å². The number of hydrazone groups is 1. The van der Waals surface area contributed by atoms with E-state index in [4.69, 9.17) is 22.7 Å². The number of phenolic OH excluding ortho intramolecular Hbond substituents is 1. The van der Waals surface area contributed by atoms with Crippen molar-refractivity contribution in [3.05, 3.63) is 28.8 Å². The maximum absolute atomic E-state index is 9.80. The summed E-state index contributed by atoms with van der Waals surface area (Å²) in [4.78, 5) is 0. The van der Waals surface area contributed by atoms with Crippen LogP contribution in [-0.4, -0.2) is 28.3 Å². The van der Waals surface area contributed by atoms with Crippen molar-refractivity contribution in [2.75, 3.05) is 6.54 Å². The molecule has 1 heterocycles. The molecule has 5 nitrogen and oxygen atoms in total. The van der Waals surface area contributed by atoms with E-state index in [0.717, 1.165) is 0 Å². The van der Waals surface area contributed by atoms with Crippen molar-refractivity contribution in [1.82, 2.24) is 5.01 Å². The number of benzene rings is 1. The Balaban J connectivity index is 2.42. The van der Waals surface area contributed by atoms with Gasteiger partial charge in [0.25, 0.3) is 0 Å². The number of guanidine groups is 1. The molecule has 0 aromatic heterocycles. The summed E-state index contributed by atoms with van der Waals surface area (Å²) in [5.41, 5.74) is 6.67. The second-order valence-electron chi connectivity index (χ2n) is 4.02. The van der Waals surface area contributed by atoms with Crippen molar-refractivity contribution in [3.63, 3.8) is 0 Å². The van der Waals surface area contributed by atoms with E-state index in [1.54, 1.807) is 12.1 Å². The van der Waals surface area contributed by atoms with E-state index in [-0.39, 0.29) is 17.6 Å². The Hall–Kier alpha value is -1.75. The SMILES string of the molecule is CC1CN(C(=N)N)N=C1c1cc(Cl)ccc1O. The Morgan fingerprint density at radius 2 is 2.35 bits per heavy atom. The highest BCUT2D eigenvalue weighted by Crippen LogP contribution is 2.27. The zero-order valence-corrected chi connectivity index (χ0v) is 10.1. The van der Waals surface area contributed by atoms with Crippen LogP contribution in [0.1, 0.15) is 12.5 Å². The molecule has 17 heavy (non-hydrogen) atoms. The Bertz CT molecular complexity index is 500. The van der Waals surface area contributed by atoms with Crippen molar-refractivity contribution in [3.8, 4) is 5.75 Å². The Labute approximate surface area is 104 Å². The van der Waals surface area contributed by atoms with Crippen molar-refractivity contribution < 1.29 is 5.11 Å². The molecular formula is C11H13ClN4O. The normalized spacial score (nSPS) is 19.3. The van der Waals surface area contributed by atoms with Crippen LogP contribution in [0.5, 0.6) is 5.75 Å². The molecular weight excluding hydrogens is 240 g/mol. The molecule has 90 valence electrons. The van der Waals surface area contributed by atoms with E-state index >= 15 is 0 Å². The molecule has 1 atom stereocenters. The number of hydrogen-bond donors (Lipinski definition) is 3. The monoisotopic (exact) mass is 252 g/mol. The molecule has 0 fully saturated rings. The third-order valence-corrected chi connectivity index (χ3v) is 2.89. The molecule has 1 aliphatic heterocycles. The maximum Gasteiger partial charge on any atom is 0.209 e. The zero-order valence-electron chi connectivity index (χ0n) is 9.31. The van der Waals surface area contributed by atoms with Crippen molar-refractivity contribution in [2.24, 2.45) is 16.8 Å². The molecule has 6 heteroatoms. The van der Waals surface area contributed by atoms with Gasteiger partial charge in [0.05, 0.1) is 12.3 Å². The predicted molar refractivity (Wildman–Crippen MR) is 67.4 cm³/mol. The van der Waals surface area contributed by atoms with Gasteiger partial charge in [0, 0.05) is 16.5 Å². The van der Waals surface area contributed by atoms with Crippen molar-refractivity contribution in [2.45, 2.75) is 6.92 Å². The van der Waals surface area contributed by atoms with Crippen LogP contribution in [0.15, 0.2) is 23.3 Å². The number of halogens is 1. The third kappa shape index (κ3) is 2.19. The van der Waals surface area contributed by atoms with Gasteiger partial charge in [-0.05, 0) is 18.2 Å². The smallest absolute Gasteiger partial charge is 0.209 e. The molecule has 0 bridgehead atoms. The first-order valence-corrected chi connectivity index (χ1v) is 5.55. The van der Waals surface area contributed by atoms with Gasteiger partial charge in [-0.2, -0.15) is 5.10 Å². The molecule has 1 aromatic carbocycles. The fourth-order valence-electron chi connectivity index (χ4n) is 1.80. The van der Waals surface area contributed by atoms with Crippen LogP contribution in [0, 0.1) is 11.3 Å². The summed E-state index contributed by atoms with van der Waals surface area (Å²) in [7, 11) is 0. The topological polar surface area (TPSA) is 85.7 Å². The summed E-state index contributed by atoms with van der Waals surface area (Å²) in [6.07, 6.45) is 0. The number of nitrogens with two attached hydrogens (primary N) is 1. The van der Waals surface area contributed by atoms with Gasteiger partial charge >= 0.3 is 0 Å². The van der Waals surface area contributed by atoms with Gasteiger partial charge in [0.2, 0.25) is 5.96 Å². The molecule has 1 unspecified atom stereocenters. The second-order valence-corrected chi connectivity index (χ2v) is 4.45. The highest BCUT2D eigenvalue weighted by atomic mass is 35.5. The standard InChI is InChI=1S/C11H13ClN4O/c1-6-5-16(11(13)14)15-10(6)8-4-7(12)2-3-9(8)17/h2-4,6,17H,5H2,1H3,(H3,13,14). The second kappa shape index (κ2) is 4.25. The summed E-state index contributed by atoms with van der Waals surface area (Å²) in [5, 5.41) is 23.3.